The molecule has 1 aliphatic rings. The Balaban J connectivity index is 2.17. The molecule has 2 heteroatoms. The summed E-state index contributed by atoms with van der Waals surface area (Å²) >= 11 is 0. The Labute approximate surface area is 121 Å². The van der Waals surface area contributed by atoms with Crippen LogP contribution in [0.15, 0.2) is 0 Å². The molecule has 114 valence electrons. The van der Waals surface area contributed by atoms with Crippen LogP contribution in [0.25, 0.3) is 0 Å². The topological polar surface area (TPSA) is 29.3 Å². The summed E-state index contributed by atoms with van der Waals surface area (Å²) < 4.78 is 0. The maximum atomic E-state index is 5.75. The lowest BCUT2D eigenvalue weighted by Gasteiger charge is -2.44. The summed E-state index contributed by atoms with van der Waals surface area (Å²) in [6, 6.07) is 0.857. The number of unbranched alkanes of at least 4 members (excludes halogenated alkanes) is 6. The molecule has 1 heterocycles. The van der Waals surface area contributed by atoms with Crippen molar-refractivity contribution in [1.82, 2.24) is 4.90 Å². The van der Waals surface area contributed by atoms with E-state index in [0.29, 0.717) is 0 Å². The van der Waals surface area contributed by atoms with E-state index in [1.807, 2.05) is 0 Å². The summed E-state index contributed by atoms with van der Waals surface area (Å²) in [6.45, 7) is 8.01. The zero-order chi connectivity index (χ0) is 13.9. The molecule has 19 heavy (non-hydrogen) atoms. The lowest BCUT2D eigenvalue weighted by Crippen LogP contribution is -2.54. The van der Waals surface area contributed by atoms with Gasteiger partial charge in [-0.3, -0.25) is 4.90 Å². The highest BCUT2D eigenvalue weighted by Crippen LogP contribution is 2.24. The zero-order valence-corrected chi connectivity index (χ0v) is 13.4. The molecule has 0 saturated carbocycles. The third-order valence-electron chi connectivity index (χ3n) is 4.62. The van der Waals surface area contributed by atoms with Crippen LogP contribution in [-0.4, -0.2) is 30.6 Å². The normalized spacial score (nSPS) is 18.5. The van der Waals surface area contributed by atoms with E-state index in [9.17, 15) is 0 Å². The minimum Gasteiger partial charge on any atom is -0.330 e. The van der Waals surface area contributed by atoms with Gasteiger partial charge in [-0.05, 0) is 25.3 Å². The minimum atomic E-state index is 0.786. The van der Waals surface area contributed by atoms with Gasteiger partial charge in [-0.25, -0.2) is 0 Å². The van der Waals surface area contributed by atoms with Crippen molar-refractivity contribution in [3.8, 4) is 0 Å². The van der Waals surface area contributed by atoms with Crippen molar-refractivity contribution in [2.75, 3.05) is 19.6 Å². The molecule has 1 rings (SSSR count). The fourth-order valence-electron chi connectivity index (χ4n) is 3.18. The first-order valence-corrected chi connectivity index (χ1v) is 8.75. The number of likely N-dealkylation sites (tertiary alicyclic amines) is 1. The molecule has 1 saturated heterocycles. The van der Waals surface area contributed by atoms with Crippen LogP contribution in [0.3, 0.4) is 0 Å². The number of nitrogens with zero attached hydrogens (tertiary/aromatic N) is 1. The minimum absolute atomic E-state index is 0.786. The van der Waals surface area contributed by atoms with Gasteiger partial charge in [0.2, 0.25) is 0 Å². The zero-order valence-electron chi connectivity index (χ0n) is 13.4. The van der Waals surface area contributed by atoms with Crippen molar-refractivity contribution >= 4 is 0 Å². The summed E-state index contributed by atoms with van der Waals surface area (Å²) in [5.74, 6) is 0.786. The summed E-state index contributed by atoms with van der Waals surface area (Å²) in [5, 5.41) is 0. The number of nitrogens with two attached hydrogens (primary N) is 1. The third kappa shape index (κ3) is 6.76. The molecular formula is C17H36N2. The van der Waals surface area contributed by atoms with Crippen molar-refractivity contribution in [3.05, 3.63) is 0 Å². The van der Waals surface area contributed by atoms with Crippen LogP contribution in [0.2, 0.25) is 0 Å². The molecule has 1 fully saturated rings. The Morgan fingerprint density at radius 2 is 1.42 bits per heavy atom. The van der Waals surface area contributed by atoms with Gasteiger partial charge in [0.25, 0.3) is 0 Å². The van der Waals surface area contributed by atoms with Crippen LogP contribution >= 0.6 is 0 Å². The van der Waals surface area contributed by atoms with E-state index >= 15 is 0 Å². The maximum Gasteiger partial charge on any atom is 0.00955 e. The predicted molar refractivity (Wildman–Crippen MR) is 85.4 cm³/mol. The first kappa shape index (κ1) is 17.0. The fourth-order valence-corrected chi connectivity index (χ4v) is 3.18. The Kier molecular flexibility index (Phi) is 9.54. The fraction of sp³-hybridized carbons (Fsp3) is 1.00. The van der Waals surface area contributed by atoms with Gasteiger partial charge >= 0.3 is 0 Å². The molecule has 0 amide bonds. The lowest BCUT2D eigenvalue weighted by molar-refractivity contribution is 0.0463. The Morgan fingerprint density at radius 3 is 2.00 bits per heavy atom. The van der Waals surface area contributed by atoms with Crippen molar-refractivity contribution in [1.29, 1.82) is 0 Å². The van der Waals surface area contributed by atoms with Crippen LogP contribution in [0.4, 0.5) is 0 Å². The van der Waals surface area contributed by atoms with Gasteiger partial charge in [-0.1, -0.05) is 65.2 Å². The molecule has 1 unspecified atom stereocenters. The lowest BCUT2D eigenvalue weighted by atomic mass is 9.92. The Hall–Kier alpha value is -0.0800. The van der Waals surface area contributed by atoms with Gasteiger partial charge in [0.1, 0.15) is 0 Å². The second-order valence-corrected chi connectivity index (χ2v) is 6.41. The average molecular weight is 268 g/mol. The van der Waals surface area contributed by atoms with E-state index in [0.717, 1.165) is 18.5 Å². The molecule has 0 bridgehead atoms. The van der Waals surface area contributed by atoms with Crippen LogP contribution in [0, 0.1) is 5.92 Å². The van der Waals surface area contributed by atoms with Gasteiger partial charge < -0.3 is 5.73 Å². The molecule has 0 spiro atoms. The van der Waals surface area contributed by atoms with Gasteiger partial charge in [0, 0.05) is 19.1 Å². The van der Waals surface area contributed by atoms with Crippen LogP contribution < -0.4 is 5.73 Å². The van der Waals surface area contributed by atoms with E-state index in [4.69, 9.17) is 5.73 Å². The highest BCUT2D eigenvalue weighted by atomic mass is 15.2. The maximum absolute atomic E-state index is 5.75. The van der Waals surface area contributed by atoms with Crippen molar-refractivity contribution < 1.29 is 0 Å². The largest absolute Gasteiger partial charge is 0.330 e. The molecule has 0 aliphatic carbocycles. The molecule has 0 aromatic heterocycles. The highest BCUT2D eigenvalue weighted by Gasteiger charge is 2.30. The summed E-state index contributed by atoms with van der Waals surface area (Å²) in [6.07, 6.45) is 14.1. The van der Waals surface area contributed by atoms with E-state index in [2.05, 4.69) is 18.7 Å². The molecule has 0 aromatic rings. The quantitative estimate of drug-likeness (QED) is 0.538. The molecular weight excluding hydrogens is 232 g/mol. The molecule has 0 radical (unpaired) electrons. The average Bonchev–Trinajstić information content (AvgIpc) is 2.36. The van der Waals surface area contributed by atoms with Gasteiger partial charge in [-0.15, -0.1) is 0 Å². The van der Waals surface area contributed by atoms with Crippen LogP contribution in [-0.2, 0) is 0 Å². The summed E-state index contributed by atoms with van der Waals surface area (Å²) in [7, 11) is 0. The van der Waals surface area contributed by atoms with E-state index in [1.54, 1.807) is 0 Å². The van der Waals surface area contributed by atoms with Gasteiger partial charge in [-0.2, -0.15) is 0 Å². The standard InChI is InChI=1S/C17H36N2/c1-3-5-7-8-10-12-17(11-9-6-4-2)19-14-16(13-18)15-19/h16-17H,3-15,18H2,1-2H3. The van der Waals surface area contributed by atoms with Crippen LogP contribution in [0.5, 0.6) is 0 Å². The Bertz CT molecular complexity index is 199. The number of hydrogen-bond acceptors (Lipinski definition) is 2. The van der Waals surface area contributed by atoms with E-state index in [-0.39, 0.29) is 0 Å². The molecule has 1 aliphatic heterocycles. The Morgan fingerprint density at radius 1 is 0.895 bits per heavy atom. The van der Waals surface area contributed by atoms with E-state index < -0.39 is 0 Å². The smallest absolute Gasteiger partial charge is 0.00955 e. The van der Waals surface area contributed by atoms with E-state index in [1.165, 1.54) is 77.3 Å². The first-order valence-electron chi connectivity index (χ1n) is 8.75. The van der Waals surface area contributed by atoms with Gasteiger partial charge in [0.05, 0.1) is 0 Å². The van der Waals surface area contributed by atoms with Crippen molar-refractivity contribution in [2.24, 2.45) is 11.7 Å². The van der Waals surface area contributed by atoms with Crippen LogP contribution in [0.1, 0.15) is 78.1 Å². The molecule has 0 aromatic carbocycles. The second kappa shape index (κ2) is 10.7. The molecule has 2 N–H and O–H groups in total. The highest BCUT2D eigenvalue weighted by molar-refractivity contribution is 4.85. The number of rotatable bonds is 12. The molecule has 1 atom stereocenters. The first-order chi connectivity index (χ1) is 9.31. The van der Waals surface area contributed by atoms with Crippen molar-refractivity contribution in [3.63, 3.8) is 0 Å². The summed E-state index contributed by atoms with van der Waals surface area (Å²) in [5.41, 5.74) is 5.75. The molecule has 2 nitrogen and oxygen atoms in total. The van der Waals surface area contributed by atoms with Gasteiger partial charge in [0.15, 0.2) is 0 Å². The predicted octanol–water partition coefficient (Wildman–Crippen LogP) is 4.19. The monoisotopic (exact) mass is 268 g/mol. The van der Waals surface area contributed by atoms with Crippen molar-refractivity contribution in [2.45, 2.75) is 84.1 Å². The second-order valence-electron chi connectivity index (χ2n) is 6.41. The number of hydrogen-bond donors (Lipinski definition) is 1. The summed E-state index contributed by atoms with van der Waals surface area (Å²) in [4.78, 5) is 2.70. The third-order valence-corrected chi connectivity index (χ3v) is 4.62. The SMILES string of the molecule is CCCCCCCC(CCCCC)N1CC(CN)C1.